The van der Waals surface area contributed by atoms with E-state index >= 15 is 0 Å². The van der Waals surface area contributed by atoms with E-state index in [0.717, 1.165) is 39.7 Å². The van der Waals surface area contributed by atoms with Crippen LogP contribution in [-0.4, -0.2) is 179 Å². The molecule has 0 aromatic heterocycles. The number of nitrogens with zero attached hydrogens (tertiary/aromatic N) is 5. The molecule has 20 heteroatoms. The predicted molar refractivity (Wildman–Crippen MR) is 282 cm³/mol. The molecule has 0 saturated carbocycles. The molecule has 1 saturated heterocycles. The summed E-state index contributed by atoms with van der Waals surface area (Å²) in [5.74, 6) is -7.19. The van der Waals surface area contributed by atoms with Gasteiger partial charge in [-0.25, -0.2) is 4.79 Å². The summed E-state index contributed by atoms with van der Waals surface area (Å²) in [7, 11) is 6.05. The predicted octanol–water partition coefficient (Wildman–Crippen LogP) is 3.60. The van der Waals surface area contributed by atoms with Crippen LogP contribution in [0.3, 0.4) is 0 Å². The smallest absolute Gasteiger partial charge is 0.329 e. The number of carbonyl (C=O) groups is 10. The molecule has 20 nitrogen and oxygen atoms in total. The molecule has 3 heterocycles. The third-order valence-corrected chi connectivity index (χ3v) is 14.7. The van der Waals surface area contributed by atoms with Crippen LogP contribution in [-0.2, 0) is 68.6 Å². The average molecular weight is 1060 g/mol. The van der Waals surface area contributed by atoms with Gasteiger partial charge >= 0.3 is 5.97 Å². The molecule has 0 aliphatic carbocycles. The minimum Gasteiger partial charge on any atom is -0.458 e. The summed E-state index contributed by atoms with van der Waals surface area (Å²) in [6, 6.07) is 4.03. The van der Waals surface area contributed by atoms with Gasteiger partial charge in [0.2, 0.25) is 29.5 Å². The monoisotopic (exact) mass is 1060 g/mol. The van der Waals surface area contributed by atoms with Crippen molar-refractivity contribution in [2.45, 2.75) is 168 Å². The first kappa shape index (κ1) is 62.3. The molecular formula is C56H83N7O13. The largest absolute Gasteiger partial charge is 0.458 e. The summed E-state index contributed by atoms with van der Waals surface area (Å²) in [6.45, 7) is 18.1. The maximum absolute atomic E-state index is 14.8. The van der Waals surface area contributed by atoms with Crippen molar-refractivity contribution in [3.8, 4) is 0 Å². The number of amides is 9. The van der Waals surface area contributed by atoms with E-state index in [9.17, 15) is 47.9 Å². The standard InChI is InChI=1S/C56H83N7O13/c1-15-35(6)50(41(74-13)31-47(69)61-29-19-22-40(61)51(75-14)36(7)52(70)57-39(55(73)76-56(8,9)10)30-37-20-17-16-18-21-37)60(12)54(72)48(33(2)3)58-53(71)49(34(4)5)59(11)42(64)24-23-38(63-45(67)27-28-46(63)68)32-62-43(65)25-26-44(62)66/h16-18,20-21,25-28,33-36,38-41,48-51H,15,19,22-24,29-32H2,1-14H3,(H,57,70)(H,58,71)/t35-,36+,38?,39?,40-,41+,48-,49-,50?,51+/m0/s1. The van der Waals surface area contributed by atoms with Crippen molar-refractivity contribution in [1.29, 1.82) is 0 Å². The molecule has 0 bridgehead atoms. The Morgan fingerprint density at radius 1 is 0.776 bits per heavy atom. The minimum atomic E-state index is -1.07. The normalized spacial score (nSPS) is 19.3. The molecule has 1 aromatic carbocycles. The lowest BCUT2D eigenvalue weighted by molar-refractivity contribution is -0.159. The first-order chi connectivity index (χ1) is 35.7. The Morgan fingerprint density at radius 2 is 1.37 bits per heavy atom. The molecule has 0 spiro atoms. The SMILES string of the molecule is CC[C@H](C)C([C@@H](CC(=O)N1CCC[C@H]1[C@H](OC)[C@@H](C)C(=O)NC(Cc1ccccc1)C(=O)OC(C)(C)C)OC)N(C)C(=O)[C@@H](NC(=O)[C@H](C(C)C)N(C)C(=O)CCC(CN1C(=O)C=CC1=O)N1C(=O)C=CC1=O)C(C)C. The number of hydrogen-bond acceptors (Lipinski definition) is 13. The van der Waals surface area contributed by atoms with Gasteiger partial charge in [-0.15, -0.1) is 0 Å². The maximum atomic E-state index is 14.8. The summed E-state index contributed by atoms with van der Waals surface area (Å²) in [5.41, 5.74) is 0.0459. The lowest BCUT2D eigenvalue weighted by Crippen LogP contribution is -2.60. The van der Waals surface area contributed by atoms with E-state index in [4.69, 9.17) is 14.2 Å². The van der Waals surface area contributed by atoms with E-state index in [1.165, 1.54) is 31.1 Å². The summed E-state index contributed by atoms with van der Waals surface area (Å²) < 4.78 is 17.8. The number of likely N-dealkylation sites (tertiary alicyclic amines) is 1. The molecule has 1 aromatic rings. The van der Waals surface area contributed by atoms with E-state index in [1.807, 2.05) is 44.2 Å². The number of esters is 1. The van der Waals surface area contributed by atoms with Crippen LogP contribution in [0.1, 0.15) is 113 Å². The van der Waals surface area contributed by atoms with E-state index in [0.29, 0.717) is 25.8 Å². The number of rotatable bonds is 27. The molecule has 3 aliphatic rings. The number of nitrogens with one attached hydrogen (secondary N) is 2. The summed E-state index contributed by atoms with van der Waals surface area (Å²) in [5, 5.41) is 5.84. The van der Waals surface area contributed by atoms with Crippen LogP contribution in [0.15, 0.2) is 54.6 Å². The first-order valence-corrected chi connectivity index (χ1v) is 26.5. The number of methoxy groups -OCH3 is 2. The first-order valence-electron chi connectivity index (χ1n) is 26.5. The highest BCUT2D eigenvalue weighted by molar-refractivity contribution is 6.14. The second-order valence-electron chi connectivity index (χ2n) is 22.0. The fourth-order valence-corrected chi connectivity index (χ4v) is 10.4. The van der Waals surface area contributed by atoms with Gasteiger partial charge in [-0.1, -0.05) is 85.2 Å². The zero-order valence-electron chi connectivity index (χ0n) is 47.0. The Bertz CT molecular complexity index is 2290. The van der Waals surface area contributed by atoms with Gasteiger partial charge in [0.15, 0.2) is 0 Å². The molecule has 2 N–H and O–H groups in total. The van der Waals surface area contributed by atoms with Crippen LogP contribution in [0.4, 0.5) is 0 Å². The maximum Gasteiger partial charge on any atom is 0.329 e. The topological polar surface area (TPSA) is 239 Å². The van der Waals surface area contributed by atoms with Crippen LogP contribution in [0.5, 0.6) is 0 Å². The van der Waals surface area contributed by atoms with E-state index in [2.05, 4.69) is 10.6 Å². The van der Waals surface area contributed by atoms with Gasteiger partial charge in [-0.2, -0.15) is 0 Å². The van der Waals surface area contributed by atoms with Gasteiger partial charge in [0.1, 0.15) is 23.7 Å². The van der Waals surface area contributed by atoms with Gasteiger partial charge in [-0.05, 0) is 63.4 Å². The molecular weight excluding hydrogens is 979 g/mol. The van der Waals surface area contributed by atoms with Crippen LogP contribution in [0.25, 0.3) is 0 Å². The van der Waals surface area contributed by atoms with E-state index in [1.54, 1.807) is 67.3 Å². The Kier molecular flexibility index (Phi) is 22.7. The summed E-state index contributed by atoms with van der Waals surface area (Å²) in [4.78, 5) is 142. The van der Waals surface area contributed by atoms with Crippen LogP contribution in [0, 0.1) is 23.7 Å². The van der Waals surface area contributed by atoms with Gasteiger partial charge < -0.3 is 39.5 Å². The number of carbonyl (C=O) groups excluding carboxylic acids is 10. The summed E-state index contributed by atoms with van der Waals surface area (Å²) >= 11 is 0. The average Bonchev–Trinajstić information content (AvgIpc) is 4.07. The van der Waals surface area contributed by atoms with E-state index in [-0.39, 0.29) is 44.1 Å². The number of ether oxygens (including phenoxy) is 3. The fraction of sp³-hybridized carbons (Fsp3) is 0.643. The molecule has 1 fully saturated rings. The van der Waals surface area contributed by atoms with Crippen molar-refractivity contribution in [3.05, 3.63) is 60.2 Å². The zero-order chi connectivity index (χ0) is 56.9. The van der Waals surface area contributed by atoms with Crippen molar-refractivity contribution in [2.24, 2.45) is 23.7 Å². The number of likely N-dealkylation sites (N-methyl/N-ethyl adjacent to an activating group) is 2. The highest BCUT2D eigenvalue weighted by atomic mass is 16.6. The second kappa shape index (κ2) is 27.7. The van der Waals surface area contributed by atoms with Crippen LogP contribution in [0.2, 0.25) is 0 Å². The van der Waals surface area contributed by atoms with Crippen molar-refractivity contribution in [3.63, 3.8) is 0 Å². The van der Waals surface area contributed by atoms with Gasteiger partial charge in [-0.3, -0.25) is 53.0 Å². The Hall–Kier alpha value is -6.28. The van der Waals surface area contributed by atoms with Gasteiger partial charge in [0.05, 0.1) is 49.2 Å². The number of hydrogen-bond donors (Lipinski definition) is 2. The third kappa shape index (κ3) is 15.9. The fourth-order valence-electron chi connectivity index (χ4n) is 10.4. The highest BCUT2D eigenvalue weighted by Crippen LogP contribution is 2.30. The molecule has 4 rings (SSSR count). The second-order valence-corrected chi connectivity index (χ2v) is 22.0. The van der Waals surface area contributed by atoms with Crippen molar-refractivity contribution in [1.82, 2.24) is 35.1 Å². The van der Waals surface area contributed by atoms with Crippen LogP contribution >= 0.6 is 0 Å². The van der Waals surface area contributed by atoms with E-state index < -0.39 is 125 Å². The van der Waals surface area contributed by atoms with Crippen LogP contribution < -0.4 is 10.6 Å². The summed E-state index contributed by atoms with van der Waals surface area (Å²) in [6.07, 6.45) is 4.31. The molecule has 10 atom stereocenters. The third-order valence-electron chi connectivity index (χ3n) is 14.7. The van der Waals surface area contributed by atoms with Gasteiger partial charge in [0, 0.05) is 72.0 Å². The Balaban J connectivity index is 1.48. The van der Waals surface area contributed by atoms with Crippen molar-refractivity contribution >= 4 is 59.1 Å². The molecule has 9 amide bonds. The molecule has 3 aliphatic heterocycles. The highest BCUT2D eigenvalue weighted by Gasteiger charge is 2.45. The lowest BCUT2D eigenvalue weighted by Gasteiger charge is -2.41. The number of benzene rings is 1. The Morgan fingerprint density at radius 3 is 1.89 bits per heavy atom. The van der Waals surface area contributed by atoms with Gasteiger partial charge in [0.25, 0.3) is 23.6 Å². The number of imide groups is 2. The molecule has 76 heavy (non-hydrogen) atoms. The zero-order valence-corrected chi connectivity index (χ0v) is 47.0. The van der Waals surface area contributed by atoms with Crippen molar-refractivity contribution in [2.75, 3.05) is 41.4 Å². The quantitative estimate of drug-likeness (QED) is 0.0948. The molecule has 420 valence electrons. The Labute approximate surface area is 448 Å². The van der Waals surface area contributed by atoms with Crippen molar-refractivity contribution < 1.29 is 62.2 Å². The molecule has 3 unspecified atom stereocenters. The minimum absolute atomic E-state index is 0.112. The lowest BCUT2D eigenvalue weighted by atomic mass is 9.89. The molecule has 0 radical (unpaired) electrons.